The van der Waals surface area contributed by atoms with E-state index in [1.807, 2.05) is 62.1 Å². The van der Waals surface area contributed by atoms with E-state index in [1.165, 1.54) is 16.7 Å². The van der Waals surface area contributed by atoms with Crippen LogP contribution in [0.15, 0.2) is 85.6 Å². The lowest BCUT2D eigenvalue weighted by Crippen LogP contribution is -2.30. The molecule has 0 spiro atoms. The predicted molar refractivity (Wildman–Crippen MR) is 199 cm³/mol. The number of methoxy groups -OCH3 is 1. The lowest BCUT2D eigenvalue weighted by atomic mass is 9.92. The number of hydrogen-bond acceptors (Lipinski definition) is 6. The molecule has 48 heavy (non-hydrogen) atoms. The number of benzene rings is 2. The van der Waals surface area contributed by atoms with Crippen molar-refractivity contribution >= 4 is 24.5 Å². The number of carbonyl (C=O) groups excluding carboxylic acids is 2. The molecule has 0 fully saturated rings. The minimum absolute atomic E-state index is 0.120. The molecule has 3 rings (SSSR count). The van der Waals surface area contributed by atoms with Crippen LogP contribution in [0.4, 0.5) is 5.69 Å². The number of nitrogens with one attached hydrogen (secondary N) is 1. The Morgan fingerprint density at radius 1 is 1.06 bits per heavy atom. The Morgan fingerprint density at radius 3 is 2.27 bits per heavy atom. The molecule has 1 aliphatic heterocycles. The number of amides is 2. The Labute approximate surface area is 289 Å². The number of fused-ring (bicyclic) bond motifs is 1. The van der Waals surface area contributed by atoms with Gasteiger partial charge in [0.2, 0.25) is 6.41 Å². The van der Waals surface area contributed by atoms with Gasteiger partial charge in [-0.1, -0.05) is 77.1 Å². The van der Waals surface area contributed by atoms with Gasteiger partial charge in [0.15, 0.2) is 0 Å². The summed E-state index contributed by atoms with van der Waals surface area (Å²) in [6.07, 6.45) is 12.1. The first-order valence-corrected chi connectivity index (χ1v) is 16.4. The van der Waals surface area contributed by atoms with E-state index in [4.69, 9.17) is 25.1 Å². The van der Waals surface area contributed by atoms with Crippen molar-refractivity contribution < 1.29 is 29.0 Å². The fourth-order valence-electron chi connectivity index (χ4n) is 4.44. The highest BCUT2D eigenvalue weighted by Crippen LogP contribution is 2.31. The van der Waals surface area contributed by atoms with Crippen LogP contribution in [0.1, 0.15) is 82.6 Å². The summed E-state index contributed by atoms with van der Waals surface area (Å²) in [6.45, 7) is 22.2. The predicted octanol–water partition coefficient (Wildman–Crippen LogP) is 7.80. The number of aryl methyl sites for hydroxylation is 1. The molecule has 4 N–H and O–H groups in total. The molecule has 2 aromatic rings. The van der Waals surface area contributed by atoms with E-state index in [0.29, 0.717) is 44.0 Å². The lowest BCUT2D eigenvalue weighted by molar-refractivity contribution is -0.123. The highest BCUT2D eigenvalue weighted by atomic mass is 16.5. The van der Waals surface area contributed by atoms with Gasteiger partial charge in [-0.3, -0.25) is 14.4 Å². The Kier molecular flexibility index (Phi) is 28.2. The molecule has 9 nitrogen and oxygen atoms in total. The first kappa shape index (κ1) is 45.5. The summed E-state index contributed by atoms with van der Waals surface area (Å²) in [5, 5.41) is 9.75. The first-order chi connectivity index (χ1) is 23.2. The zero-order valence-electron chi connectivity index (χ0n) is 30.1. The van der Waals surface area contributed by atoms with E-state index in [1.54, 1.807) is 7.11 Å². The second-order valence-corrected chi connectivity index (χ2v) is 10.2. The summed E-state index contributed by atoms with van der Waals surface area (Å²) in [6, 6.07) is 11.8. The molecule has 0 aromatic heterocycles. The Bertz CT molecular complexity index is 1260. The van der Waals surface area contributed by atoms with E-state index in [2.05, 4.69) is 57.1 Å². The number of nitrogens with two attached hydrogens (primary N) is 1. The van der Waals surface area contributed by atoms with Gasteiger partial charge in [-0.25, -0.2) is 0 Å². The van der Waals surface area contributed by atoms with Gasteiger partial charge >= 0.3 is 0 Å². The van der Waals surface area contributed by atoms with Crippen LogP contribution in [0.5, 0.6) is 5.75 Å². The minimum atomic E-state index is -0.250. The normalized spacial score (nSPS) is 11.4. The van der Waals surface area contributed by atoms with Gasteiger partial charge in [0.05, 0.1) is 13.2 Å². The number of allylic oxidation sites excluding steroid dienone is 3. The molecular formula is C39H59N3O6. The van der Waals surface area contributed by atoms with Crippen molar-refractivity contribution in [3.8, 4) is 5.75 Å². The van der Waals surface area contributed by atoms with Crippen molar-refractivity contribution in [2.45, 2.75) is 86.3 Å². The number of carboxylic acid groups (broad SMARTS) is 1. The van der Waals surface area contributed by atoms with Crippen LogP contribution in [0.3, 0.4) is 0 Å². The number of hydrogen-bond donors (Lipinski definition) is 3. The molecule has 0 unspecified atom stereocenters. The van der Waals surface area contributed by atoms with E-state index in [-0.39, 0.29) is 12.4 Å². The van der Waals surface area contributed by atoms with Crippen LogP contribution >= 0.6 is 0 Å². The van der Waals surface area contributed by atoms with Crippen molar-refractivity contribution in [2.75, 3.05) is 26.0 Å². The standard InChI is InChI=1S/C26H36N2O3.C8H11NO.C2H6.C2H4.CH2O2/c1-5-7-8-9-11-20(3)26(30)27-21(4)15-17-31-25-13-12-22(10-6-2)24-18-28(19-29)16-14-23(24)25;1-10-6-7-2-4-8(9)5-3-7;2*1-2;2-1-3/h7-8,11-13,19H,4-6,9-10,14-18H2,1-3H3,(H,27,30);2-5H,6,9H2,1H3;1-2H3;1-2H2;1H,(H,2,3)/b8-7-,20-11+;;;;. The van der Waals surface area contributed by atoms with Crippen LogP contribution in [-0.2, 0) is 45.1 Å². The summed E-state index contributed by atoms with van der Waals surface area (Å²) in [5.74, 6) is 0.753. The molecule has 0 radical (unpaired) electrons. The molecule has 266 valence electrons. The monoisotopic (exact) mass is 665 g/mol. The van der Waals surface area contributed by atoms with Gasteiger partial charge in [-0.05, 0) is 67.5 Å². The Hall–Kier alpha value is -4.63. The van der Waals surface area contributed by atoms with Gasteiger partial charge in [-0.2, -0.15) is 0 Å². The lowest BCUT2D eigenvalue weighted by Gasteiger charge is -2.29. The maximum atomic E-state index is 12.3. The highest BCUT2D eigenvalue weighted by Gasteiger charge is 2.21. The fourth-order valence-corrected chi connectivity index (χ4v) is 4.44. The first-order valence-electron chi connectivity index (χ1n) is 16.4. The third kappa shape index (κ3) is 19.1. The van der Waals surface area contributed by atoms with Crippen molar-refractivity contribution in [3.05, 3.63) is 108 Å². The van der Waals surface area contributed by atoms with E-state index in [0.717, 1.165) is 55.5 Å². The Morgan fingerprint density at radius 2 is 1.71 bits per heavy atom. The smallest absolute Gasteiger partial charge is 0.290 e. The maximum Gasteiger partial charge on any atom is 0.290 e. The van der Waals surface area contributed by atoms with Crippen LogP contribution in [0.25, 0.3) is 0 Å². The van der Waals surface area contributed by atoms with Crippen molar-refractivity contribution in [1.29, 1.82) is 0 Å². The molecule has 0 aliphatic carbocycles. The fraction of sp³-hybridized carbons (Fsp3) is 0.410. The number of carbonyl (C=O) groups is 3. The molecule has 0 atom stereocenters. The second kappa shape index (κ2) is 29.8. The van der Waals surface area contributed by atoms with Gasteiger partial charge in [0, 0.05) is 49.1 Å². The van der Waals surface area contributed by atoms with E-state index < -0.39 is 0 Å². The molecule has 2 amide bonds. The summed E-state index contributed by atoms with van der Waals surface area (Å²) in [7, 11) is 1.68. The zero-order valence-corrected chi connectivity index (χ0v) is 30.1. The van der Waals surface area contributed by atoms with Crippen LogP contribution in [0, 0.1) is 0 Å². The van der Waals surface area contributed by atoms with Gasteiger partial charge in [0.1, 0.15) is 5.75 Å². The summed E-state index contributed by atoms with van der Waals surface area (Å²) >= 11 is 0. The molecule has 1 aliphatic rings. The van der Waals surface area contributed by atoms with Gasteiger partial charge in [0.25, 0.3) is 12.4 Å². The van der Waals surface area contributed by atoms with Crippen molar-refractivity contribution in [1.82, 2.24) is 10.2 Å². The zero-order chi connectivity index (χ0) is 36.7. The average molecular weight is 666 g/mol. The summed E-state index contributed by atoms with van der Waals surface area (Å²) < 4.78 is 11.0. The molecule has 9 heteroatoms. The topological polar surface area (TPSA) is 131 Å². The maximum absolute atomic E-state index is 12.3. The molecule has 0 bridgehead atoms. The minimum Gasteiger partial charge on any atom is -0.493 e. The number of nitrogen functional groups attached to an aromatic ring is 1. The number of rotatable bonds is 14. The molecule has 0 saturated heterocycles. The van der Waals surface area contributed by atoms with E-state index >= 15 is 0 Å². The number of anilines is 1. The van der Waals surface area contributed by atoms with E-state index in [9.17, 15) is 9.59 Å². The Balaban J connectivity index is 0. The van der Waals surface area contributed by atoms with Crippen LogP contribution < -0.4 is 15.8 Å². The van der Waals surface area contributed by atoms with Gasteiger partial charge in [-0.15, -0.1) is 13.2 Å². The third-order valence-electron chi connectivity index (χ3n) is 6.73. The number of nitrogens with zero attached hydrogens (tertiary/aromatic N) is 1. The molecular weight excluding hydrogens is 606 g/mol. The quantitative estimate of drug-likeness (QED) is 0.0812. The molecule has 0 saturated carbocycles. The summed E-state index contributed by atoms with van der Waals surface area (Å²) in [5.41, 5.74) is 12.5. The second-order valence-electron chi connectivity index (χ2n) is 10.2. The van der Waals surface area contributed by atoms with Crippen molar-refractivity contribution in [3.63, 3.8) is 0 Å². The van der Waals surface area contributed by atoms with Crippen LogP contribution in [0.2, 0.25) is 0 Å². The molecule has 1 heterocycles. The van der Waals surface area contributed by atoms with Gasteiger partial charge < -0.3 is 30.5 Å². The average Bonchev–Trinajstić information content (AvgIpc) is 3.11. The SMILES string of the molecule is C=C.C=C(CCOc1ccc(CCC)c2c1CCN(C=O)C2)NC(=O)/C(C)=C/C/C=C\CC.CC.COCc1ccc(N)cc1.O=CO. The van der Waals surface area contributed by atoms with Crippen LogP contribution in [-0.4, -0.2) is 49.1 Å². The molecule has 2 aromatic carbocycles. The number of ether oxygens (including phenoxy) is 2. The summed E-state index contributed by atoms with van der Waals surface area (Å²) in [4.78, 5) is 33.7. The third-order valence-corrected chi connectivity index (χ3v) is 6.73. The highest BCUT2D eigenvalue weighted by molar-refractivity contribution is 5.93. The largest absolute Gasteiger partial charge is 0.493 e. The van der Waals surface area contributed by atoms with Crippen molar-refractivity contribution in [2.24, 2.45) is 0 Å².